The molecule has 0 N–H and O–H groups in total. The fourth-order valence-electron chi connectivity index (χ4n) is 5.37. The zero-order chi connectivity index (χ0) is 23.7. The van der Waals surface area contributed by atoms with Gasteiger partial charge in [0.25, 0.3) is 5.91 Å². The normalized spacial score (nSPS) is 26.9. The number of amides is 1. The number of rotatable bonds is 4. The number of pyridine rings is 2. The summed E-state index contributed by atoms with van der Waals surface area (Å²) in [5.74, 6) is -0.270. The van der Waals surface area contributed by atoms with Gasteiger partial charge >= 0.3 is 6.18 Å². The average molecular weight is 471 g/mol. The van der Waals surface area contributed by atoms with Crippen molar-refractivity contribution in [3.8, 4) is 17.3 Å². The van der Waals surface area contributed by atoms with E-state index in [1.165, 1.54) is 12.3 Å². The van der Waals surface area contributed by atoms with Crippen LogP contribution >= 0.6 is 0 Å². The largest absolute Gasteiger partial charge is 0.472 e. The van der Waals surface area contributed by atoms with E-state index in [0.717, 1.165) is 31.1 Å². The number of carbonyl (C=O) groups excluding carboxylic acids is 1. The fourth-order valence-corrected chi connectivity index (χ4v) is 5.37. The zero-order valence-corrected chi connectivity index (χ0v) is 17.5. The molecule has 2 aliphatic carbocycles. The summed E-state index contributed by atoms with van der Waals surface area (Å²) in [6.07, 6.45) is 1.12. The lowest BCUT2D eigenvalue weighted by Gasteiger charge is -2.46. The summed E-state index contributed by atoms with van der Waals surface area (Å²) in [4.78, 5) is 31.3. The molecule has 0 aromatic carbocycles. The van der Waals surface area contributed by atoms with Crippen molar-refractivity contribution in [2.75, 3.05) is 6.54 Å². The van der Waals surface area contributed by atoms with Crippen LogP contribution in [0.3, 0.4) is 0 Å². The Morgan fingerprint density at radius 1 is 1.06 bits per heavy atom. The number of alkyl halides is 3. The Kier molecular flexibility index (Phi) is 4.42. The van der Waals surface area contributed by atoms with E-state index in [9.17, 15) is 22.4 Å². The first-order valence-electron chi connectivity index (χ1n) is 10.7. The first kappa shape index (κ1) is 20.9. The van der Waals surface area contributed by atoms with Crippen molar-refractivity contribution in [1.82, 2.24) is 24.8 Å². The molecule has 1 amide bonds. The Bertz CT molecular complexity index is 1270. The molecule has 3 aromatic heterocycles. The lowest BCUT2D eigenvalue weighted by Crippen LogP contribution is -2.59. The summed E-state index contributed by atoms with van der Waals surface area (Å²) >= 11 is 0. The number of nitrogens with zero attached hydrogens (tertiary/aromatic N) is 5. The van der Waals surface area contributed by atoms with Gasteiger partial charge in [0.15, 0.2) is 11.6 Å². The first-order valence-corrected chi connectivity index (χ1v) is 10.7. The molecule has 1 aliphatic heterocycles. The standard InChI is InChI=1S/C23H17F4N5O2/c24-14-9-30-20(31-10-14)15-2-1-5-28-18(15)21(33)32-11-13-6-22(13)7-16(19(22)32)34-17-4-3-12(8-29-17)23(25,26)27/h1-5,8-10,13,16,19H,6-7,11H2. The summed E-state index contributed by atoms with van der Waals surface area (Å²) in [6.45, 7) is 0.546. The van der Waals surface area contributed by atoms with E-state index < -0.39 is 17.6 Å². The van der Waals surface area contributed by atoms with Gasteiger partial charge in [0.2, 0.25) is 5.88 Å². The van der Waals surface area contributed by atoms with E-state index >= 15 is 0 Å². The minimum atomic E-state index is -4.48. The van der Waals surface area contributed by atoms with Gasteiger partial charge in [-0.25, -0.2) is 19.3 Å². The SMILES string of the molecule is O=C(c1ncccc1-c1ncc(F)cn1)N1CC2CC23CC(Oc2ccc(C(F)(F)F)cn2)C13. The minimum absolute atomic E-state index is 0.0203. The summed E-state index contributed by atoms with van der Waals surface area (Å²) in [5.41, 5.74) is -0.323. The summed E-state index contributed by atoms with van der Waals surface area (Å²) < 4.78 is 57.6. The van der Waals surface area contributed by atoms with Gasteiger partial charge in [0.05, 0.1) is 29.6 Å². The third kappa shape index (κ3) is 3.21. The van der Waals surface area contributed by atoms with Gasteiger partial charge in [-0.15, -0.1) is 0 Å². The average Bonchev–Trinajstić information content (AvgIpc) is 3.47. The van der Waals surface area contributed by atoms with E-state index in [2.05, 4.69) is 19.9 Å². The fraction of sp³-hybridized carbons (Fsp3) is 0.348. The van der Waals surface area contributed by atoms with E-state index in [1.54, 1.807) is 17.0 Å². The van der Waals surface area contributed by atoms with Crippen molar-refractivity contribution in [2.24, 2.45) is 11.3 Å². The molecule has 11 heteroatoms. The third-order valence-electron chi connectivity index (χ3n) is 7.02. The van der Waals surface area contributed by atoms with E-state index in [0.29, 0.717) is 24.4 Å². The highest BCUT2D eigenvalue weighted by Gasteiger charge is 2.76. The van der Waals surface area contributed by atoms with Crippen molar-refractivity contribution in [3.63, 3.8) is 0 Å². The quantitative estimate of drug-likeness (QED) is 0.539. The molecule has 34 heavy (non-hydrogen) atoms. The molecule has 4 atom stereocenters. The predicted molar refractivity (Wildman–Crippen MR) is 109 cm³/mol. The van der Waals surface area contributed by atoms with Gasteiger partial charge in [-0.2, -0.15) is 13.2 Å². The number of halogens is 4. The van der Waals surface area contributed by atoms with Gasteiger partial charge in [-0.1, -0.05) is 0 Å². The second-order valence-corrected chi connectivity index (χ2v) is 8.90. The van der Waals surface area contributed by atoms with Gasteiger partial charge in [-0.05, 0) is 37.0 Å². The summed E-state index contributed by atoms with van der Waals surface area (Å²) in [6, 6.07) is 5.20. The van der Waals surface area contributed by atoms with Crippen molar-refractivity contribution in [3.05, 3.63) is 66.1 Å². The maximum atomic E-state index is 13.6. The van der Waals surface area contributed by atoms with Gasteiger partial charge in [-0.3, -0.25) is 9.78 Å². The minimum Gasteiger partial charge on any atom is -0.472 e. The molecule has 3 aromatic rings. The lowest BCUT2D eigenvalue weighted by atomic mass is 9.73. The predicted octanol–water partition coefficient (Wildman–Crippen LogP) is 3.77. The monoisotopic (exact) mass is 471 g/mol. The number of carbonyl (C=O) groups is 1. The molecular weight excluding hydrogens is 454 g/mol. The van der Waals surface area contributed by atoms with Crippen LogP contribution in [0.1, 0.15) is 28.9 Å². The highest BCUT2D eigenvalue weighted by atomic mass is 19.4. The molecule has 3 aliphatic rings. The van der Waals surface area contributed by atoms with Crippen molar-refractivity contribution < 1.29 is 27.1 Å². The molecule has 2 saturated carbocycles. The Morgan fingerprint density at radius 2 is 1.85 bits per heavy atom. The number of hydrogen-bond donors (Lipinski definition) is 0. The number of likely N-dealkylation sites (tertiary alicyclic amines) is 1. The molecule has 0 bridgehead atoms. The van der Waals surface area contributed by atoms with Crippen molar-refractivity contribution in [1.29, 1.82) is 0 Å². The Labute approximate surface area is 190 Å². The lowest BCUT2D eigenvalue weighted by molar-refractivity contribution is -0.137. The van der Waals surface area contributed by atoms with Gasteiger partial charge < -0.3 is 9.64 Å². The van der Waals surface area contributed by atoms with Crippen LogP contribution in [-0.2, 0) is 6.18 Å². The van der Waals surface area contributed by atoms with Gasteiger partial charge in [0, 0.05) is 30.4 Å². The smallest absolute Gasteiger partial charge is 0.417 e. The van der Waals surface area contributed by atoms with Crippen LogP contribution in [0.5, 0.6) is 5.88 Å². The zero-order valence-electron chi connectivity index (χ0n) is 17.5. The Morgan fingerprint density at radius 3 is 2.56 bits per heavy atom. The maximum absolute atomic E-state index is 13.6. The molecule has 1 saturated heterocycles. The number of aromatic nitrogens is 4. The summed E-state index contributed by atoms with van der Waals surface area (Å²) in [5, 5.41) is 0. The van der Waals surface area contributed by atoms with Crippen LogP contribution in [0.2, 0.25) is 0 Å². The molecule has 7 nitrogen and oxygen atoms in total. The van der Waals surface area contributed by atoms with Crippen molar-refractivity contribution in [2.45, 2.75) is 31.2 Å². The van der Waals surface area contributed by atoms with Crippen LogP contribution in [0, 0.1) is 17.2 Å². The molecular formula is C23H17F4N5O2. The number of piperidine rings is 1. The highest BCUT2D eigenvalue weighted by Crippen LogP contribution is 2.71. The molecule has 4 heterocycles. The molecule has 0 radical (unpaired) electrons. The van der Waals surface area contributed by atoms with Crippen LogP contribution in [0.25, 0.3) is 11.4 Å². The first-order chi connectivity index (χ1) is 16.3. The highest BCUT2D eigenvalue weighted by molar-refractivity contribution is 5.98. The van der Waals surface area contributed by atoms with Crippen LogP contribution < -0.4 is 4.74 Å². The molecule has 1 spiro atoms. The van der Waals surface area contributed by atoms with Crippen molar-refractivity contribution >= 4 is 5.91 Å². The number of ether oxygens (including phenoxy) is 1. The second kappa shape index (κ2) is 7.18. The topological polar surface area (TPSA) is 81.1 Å². The molecule has 6 rings (SSSR count). The van der Waals surface area contributed by atoms with E-state index in [1.807, 2.05) is 0 Å². The number of hydrogen-bond acceptors (Lipinski definition) is 6. The van der Waals surface area contributed by atoms with E-state index in [4.69, 9.17) is 4.74 Å². The van der Waals surface area contributed by atoms with Crippen LogP contribution in [-0.4, -0.2) is 49.4 Å². The van der Waals surface area contributed by atoms with E-state index in [-0.39, 0.29) is 40.9 Å². The summed E-state index contributed by atoms with van der Waals surface area (Å²) in [7, 11) is 0. The molecule has 174 valence electrons. The third-order valence-corrected chi connectivity index (χ3v) is 7.02. The van der Waals surface area contributed by atoms with Crippen LogP contribution in [0.15, 0.2) is 49.1 Å². The maximum Gasteiger partial charge on any atom is 0.417 e. The van der Waals surface area contributed by atoms with Gasteiger partial charge in [0.1, 0.15) is 11.8 Å². The molecule has 3 fully saturated rings. The van der Waals surface area contributed by atoms with Crippen LogP contribution in [0.4, 0.5) is 17.6 Å². The molecule has 4 unspecified atom stereocenters. The second-order valence-electron chi connectivity index (χ2n) is 8.90. The Hall–Kier alpha value is -3.63. The Balaban J connectivity index is 1.25.